The molecule has 0 spiro atoms. The number of piperazine rings is 1. The first kappa shape index (κ1) is 25.7. The number of anilines is 2. The van der Waals surface area contributed by atoms with Gasteiger partial charge in [-0.25, -0.2) is 8.42 Å². The molecule has 2 aromatic rings. The fraction of sp³-hybridized carbons (Fsp3) is 0.364. The lowest BCUT2D eigenvalue weighted by molar-refractivity contribution is -0.137. The number of hydrogen-bond donors (Lipinski definition) is 2. The van der Waals surface area contributed by atoms with Crippen molar-refractivity contribution in [3.05, 3.63) is 53.6 Å². The van der Waals surface area contributed by atoms with Crippen molar-refractivity contribution in [2.75, 3.05) is 43.4 Å². The number of halogens is 3. The molecule has 1 aliphatic heterocycles. The van der Waals surface area contributed by atoms with Crippen LogP contribution in [-0.4, -0.2) is 62.2 Å². The lowest BCUT2D eigenvalue weighted by Gasteiger charge is -2.33. The van der Waals surface area contributed by atoms with Gasteiger partial charge in [0.25, 0.3) is 0 Å². The molecule has 34 heavy (non-hydrogen) atoms. The number of amides is 2. The van der Waals surface area contributed by atoms with Crippen molar-refractivity contribution in [1.82, 2.24) is 9.21 Å². The number of carbonyl (C=O) groups excluding carboxylic acids is 2. The topological polar surface area (TPSA) is 98.8 Å². The Morgan fingerprint density at radius 1 is 0.941 bits per heavy atom. The Labute approximate surface area is 195 Å². The summed E-state index contributed by atoms with van der Waals surface area (Å²) in [6.45, 7) is 3.81. The number of nitrogens with one attached hydrogen (secondary N) is 2. The summed E-state index contributed by atoms with van der Waals surface area (Å²) in [6, 6.07) is 9.18. The number of carbonyl (C=O) groups is 2. The third-order valence-corrected chi connectivity index (χ3v) is 7.20. The van der Waals surface area contributed by atoms with E-state index in [1.807, 2.05) is 6.92 Å². The molecule has 1 aliphatic rings. The van der Waals surface area contributed by atoms with E-state index in [-0.39, 0.29) is 49.0 Å². The molecule has 0 saturated carbocycles. The number of hydrogen-bond acceptors (Lipinski definition) is 5. The Kier molecular flexibility index (Phi) is 7.64. The summed E-state index contributed by atoms with van der Waals surface area (Å²) in [5.41, 5.74) is -0.150. The van der Waals surface area contributed by atoms with Crippen molar-refractivity contribution >= 4 is 33.2 Å². The largest absolute Gasteiger partial charge is 0.416 e. The van der Waals surface area contributed by atoms with Gasteiger partial charge in [-0.1, -0.05) is 17.7 Å². The van der Waals surface area contributed by atoms with Crippen LogP contribution in [0.1, 0.15) is 18.1 Å². The van der Waals surface area contributed by atoms with Gasteiger partial charge in [0, 0.05) is 33.1 Å². The molecule has 0 aliphatic carbocycles. The van der Waals surface area contributed by atoms with Gasteiger partial charge in [-0.05, 0) is 37.3 Å². The number of benzene rings is 2. The Balaban J connectivity index is 1.63. The Hall–Kier alpha value is -2.96. The molecule has 12 heteroatoms. The fourth-order valence-corrected chi connectivity index (χ4v) is 4.92. The van der Waals surface area contributed by atoms with E-state index in [0.717, 1.165) is 23.8 Å². The molecule has 2 N–H and O–H groups in total. The molecule has 1 fully saturated rings. The normalized spacial score (nSPS) is 15.7. The van der Waals surface area contributed by atoms with E-state index >= 15 is 0 Å². The minimum absolute atomic E-state index is 0.0443. The quantitative estimate of drug-likeness (QED) is 0.638. The summed E-state index contributed by atoms with van der Waals surface area (Å²) in [7, 11) is -3.66. The maximum atomic E-state index is 13.1. The summed E-state index contributed by atoms with van der Waals surface area (Å²) in [4.78, 5) is 25.8. The van der Waals surface area contributed by atoms with E-state index in [2.05, 4.69) is 10.6 Å². The highest BCUT2D eigenvalue weighted by molar-refractivity contribution is 7.89. The summed E-state index contributed by atoms with van der Waals surface area (Å²) < 4.78 is 66.2. The number of sulfonamides is 1. The maximum Gasteiger partial charge on any atom is 0.416 e. The van der Waals surface area contributed by atoms with Crippen molar-refractivity contribution in [2.24, 2.45) is 0 Å². The summed E-state index contributed by atoms with van der Waals surface area (Å²) in [5.74, 6) is -1.08. The van der Waals surface area contributed by atoms with Crippen LogP contribution in [0.4, 0.5) is 24.5 Å². The molecular weight excluding hydrogens is 473 g/mol. The zero-order chi connectivity index (χ0) is 25.1. The van der Waals surface area contributed by atoms with E-state index < -0.39 is 33.6 Å². The number of aryl methyl sites for hydroxylation is 1. The molecule has 184 valence electrons. The molecule has 3 rings (SSSR count). The lowest BCUT2D eigenvalue weighted by Crippen LogP contribution is -2.50. The second kappa shape index (κ2) is 10.1. The minimum Gasteiger partial charge on any atom is -0.325 e. The molecule has 0 radical (unpaired) electrons. The first-order valence-corrected chi connectivity index (χ1v) is 11.9. The SMILES string of the molecule is CC(=O)Nc1ccc(C(F)(F)F)cc1NC(=O)CN1CCN(S(=O)(=O)c2ccc(C)cc2)CC1. The summed E-state index contributed by atoms with van der Waals surface area (Å²) >= 11 is 0. The van der Waals surface area contributed by atoms with Gasteiger partial charge in [0.1, 0.15) is 0 Å². The van der Waals surface area contributed by atoms with Crippen LogP contribution in [0, 0.1) is 6.92 Å². The highest BCUT2D eigenvalue weighted by Crippen LogP contribution is 2.34. The van der Waals surface area contributed by atoms with Crippen LogP contribution in [0.5, 0.6) is 0 Å². The van der Waals surface area contributed by atoms with Crippen LogP contribution in [0.2, 0.25) is 0 Å². The predicted molar refractivity (Wildman–Crippen MR) is 121 cm³/mol. The van der Waals surface area contributed by atoms with Crippen molar-refractivity contribution in [3.63, 3.8) is 0 Å². The molecule has 2 amide bonds. The highest BCUT2D eigenvalue weighted by Gasteiger charge is 2.32. The van der Waals surface area contributed by atoms with Crippen LogP contribution in [0.25, 0.3) is 0 Å². The highest BCUT2D eigenvalue weighted by atomic mass is 32.2. The Bertz CT molecular complexity index is 1160. The first-order valence-electron chi connectivity index (χ1n) is 10.4. The Morgan fingerprint density at radius 2 is 1.56 bits per heavy atom. The third kappa shape index (κ3) is 6.33. The standard InChI is InChI=1S/C22H25F3N4O4S/c1-15-3-6-18(7-4-15)34(32,33)29-11-9-28(10-12-29)14-21(31)27-20-13-17(22(23,24)25)5-8-19(20)26-16(2)30/h3-8,13H,9-12,14H2,1-2H3,(H,26,30)(H,27,31). The molecule has 0 atom stereocenters. The third-order valence-electron chi connectivity index (χ3n) is 5.29. The molecule has 0 bridgehead atoms. The predicted octanol–water partition coefficient (Wildman–Crippen LogP) is 2.92. The van der Waals surface area contributed by atoms with Gasteiger partial charge in [-0.15, -0.1) is 0 Å². The van der Waals surface area contributed by atoms with Crippen LogP contribution in [0.3, 0.4) is 0 Å². The van der Waals surface area contributed by atoms with Crippen LogP contribution in [-0.2, 0) is 25.8 Å². The van der Waals surface area contributed by atoms with Crippen LogP contribution < -0.4 is 10.6 Å². The fourth-order valence-electron chi connectivity index (χ4n) is 3.50. The molecule has 8 nitrogen and oxygen atoms in total. The number of alkyl halides is 3. The minimum atomic E-state index is -4.62. The van der Waals surface area contributed by atoms with Gasteiger partial charge in [0.2, 0.25) is 21.8 Å². The number of nitrogens with zero attached hydrogens (tertiary/aromatic N) is 2. The van der Waals surface area contributed by atoms with E-state index in [1.54, 1.807) is 29.2 Å². The van der Waals surface area contributed by atoms with Gasteiger partial charge in [0.05, 0.1) is 28.4 Å². The van der Waals surface area contributed by atoms with E-state index in [9.17, 15) is 31.2 Å². The van der Waals surface area contributed by atoms with Crippen LogP contribution in [0.15, 0.2) is 47.4 Å². The van der Waals surface area contributed by atoms with Crippen molar-refractivity contribution in [1.29, 1.82) is 0 Å². The van der Waals surface area contributed by atoms with Gasteiger partial charge in [-0.2, -0.15) is 17.5 Å². The summed E-state index contributed by atoms with van der Waals surface area (Å²) in [6.07, 6.45) is -4.62. The molecule has 1 heterocycles. The lowest BCUT2D eigenvalue weighted by atomic mass is 10.1. The monoisotopic (exact) mass is 498 g/mol. The van der Waals surface area contributed by atoms with Gasteiger partial charge in [0.15, 0.2) is 0 Å². The second-order valence-electron chi connectivity index (χ2n) is 7.98. The van der Waals surface area contributed by atoms with Crippen molar-refractivity contribution in [2.45, 2.75) is 24.9 Å². The molecule has 0 unspecified atom stereocenters. The average Bonchev–Trinajstić information content (AvgIpc) is 2.74. The summed E-state index contributed by atoms with van der Waals surface area (Å²) in [5, 5.41) is 4.82. The number of rotatable bonds is 6. The van der Waals surface area contributed by atoms with Crippen molar-refractivity contribution in [3.8, 4) is 0 Å². The van der Waals surface area contributed by atoms with E-state index in [0.29, 0.717) is 0 Å². The first-order chi connectivity index (χ1) is 15.9. The molecule has 1 saturated heterocycles. The zero-order valence-corrected chi connectivity index (χ0v) is 19.5. The average molecular weight is 499 g/mol. The Morgan fingerprint density at radius 3 is 2.12 bits per heavy atom. The van der Waals surface area contributed by atoms with Crippen molar-refractivity contribution < 1.29 is 31.2 Å². The molecule has 0 aromatic heterocycles. The van der Waals surface area contributed by atoms with E-state index in [4.69, 9.17) is 0 Å². The van der Waals surface area contributed by atoms with Gasteiger partial charge >= 0.3 is 6.18 Å². The van der Waals surface area contributed by atoms with E-state index in [1.165, 1.54) is 11.2 Å². The molecular formula is C22H25F3N4O4S. The van der Waals surface area contributed by atoms with Gasteiger partial charge < -0.3 is 10.6 Å². The van der Waals surface area contributed by atoms with Crippen LogP contribution >= 0.6 is 0 Å². The maximum absolute atomic E-state index is 13.1. The zero-order valence-electron chi connectivity index (χ0n) is 18.6. The van der Waals surface area contributed by atoms with Gasteiger partial charge in [-0.3, -0.25) is 14.5 Å². The molecule has 2 aromatic carbocycles. The smallest absolute Gasteiger partial charge is 0.325 e. The second-order valence-corrected chi connectivity index (χ2v) is 9.92.